The number of nitrogens with one attached hydrogen (secondary N) is 1. The highest BCUT2D eigenvalue weighted by Gasteiger charge is 2.31. The minimum absolute atomic E-state index is 0.0812. The number of ether oxygens (including phenoxy) is 1. The summed E-state index contributed by atoms with van der Waals surface area (Å²) in [6.07, 6.45) is 2.11. The Morgan fingerprint density at radius 3 is 2.46 bits per heavy atom. The highest BCUT2D eigenvalue weighted by molar-refractivity contribution is 5.89. The molecule has 8 heteroatoms. The van der Waals surface area contributed by atoms with Gasteiger partial charge in [0, 0.05) is 6.54 Å². The van der Waals surface area contributed by atoms with Crippen LogP contribution in [0.1, 0.15) is 28.3 Å². The van der Waals surface area contributed by atoms with Gasteiger partial charge in [-0.05, 0) is 52.2 Å². The fourth-order valence-corrected chi connectivity index (χ4v) is 4.13. The Balaban J connectivity index is 1.43. The number of nitrogens with zero attached hydrogens (tertiary/aromatic N) is 5. The van der Waals surface area contributed by atoms with Crippen LogP contribution in [0.15, 0.2) is 84.9 Å². The van der Waals surface area contributed by atoms with Crippen molar-refractivity contribution in [3.8, 4) is 5.75 Å². The molecule has 5 rings (SSSR count). The van der Waals surface area contributed by atoms with Crippen molar-refractivity contribution in [3.05, 3.63) is 107 Å². The summed E-state index contributed by atoms with van der Waals surface area (Å²) < 4.78 is 6.96. The molecule has 1 aromatic heterocycles. The fraction of sp³-hybridized carbons (Fsp3) is 0.185. The van der Waals surface area contributed by atoms with E-state index >= 15 is 0 Å². The molecular formula is C27H26N6O2. The van der Waals surface area contributed by atoms with E-state index in [0.29, 0.717) is 12.5 Å². The van der Waals surface area contributed by atoms with Gasteiger partial charge < -0.3 is 10.1 Å². The van der Waals surface area contributed by atoms with Crippen molar-refractivity contribution >= 4 is 17.6 Å². The van der Waals surface area contributed by atoms with Crippen LogP contribution in [0, 0.1) is 6.92 Å². The van der Waals surface area contributed by atoms with E-state index in [0.717, 1.165) is 28.1 Å². The minimum Gasteiger partial charge on any atom is -0.497 e. The van der Waals surface area contributed by atoms with E-state index in [2.05, 4.69) is 58.1 Å². The van der Waals surface area contributed by atoms with Gasteiger partial charge in [-0.25, -0.2) is 0 Å². The second kappa shape index (κ2) is 9.80. The number of anilines is 1. The van der Waals surface area contributed by atoms with Crippen LogP contribution in [0.25, 0.3) is 5.70 Å². The summed E-state index contributed by atoms with van der Waals surface area (Å²) in [6, 6.07) is 25.8. The van der Waals surface area contributed by atoms with Gasteiger partial charge in [0.25, 0.3) is 5.95 Å². The number of carbonyl (C=O) groups is 1. The molecule has 4 aromatic rings. The molecule has 0 spiro atoms. The molecule has 0 saturated heterocycles. The molecule has 1 amide bonds. The zero-order chi connectivity index (χ0) is 24.2. The monoisotopic (exact) mass is 466 g/mol. The molecule has 3 aromatic carbocycles. The van der Waals surface area contributed by atoms with Gasteiger partial charge in [-0.1, -0.05) is 77.4 Å². The smallest absolute Gasteiger partial charge is 0.251 e. The van der Waals surface area contributed by atoms with Gasteiger partial charge in [0.2, 0.25) is 5.91 Å². The zero-order valence-electron chi connectivity index (χ0n) is 19.6. The number of fused-ring (bicyclic) bond motifs is 1. The fourth-order valence-electron chi connectivity index (χ4n) is 4.13. The van der Waals surface area contributed by atoms with E-state index in [1.807, 2.05) is 59.5 Å². The van der Waals surface area contributed by atoms with Crippen LogP contribution in [0.2, 0.25) is 0 Å². The van der Waals surface area contributed by atoms with Gasteiger partial charge in [0.05, 0.1) is 12.8 Å². The number of allylic oxidation sites excluding steroid dienone is 1. The Hall–Kier alpha value is -4.46. The predicted octanol–water partition coefficient (Wildman–Crippen LogP) is 3.76. The molecule has 0 aliphatic carbocycles. The summed E-state index contributed by atoms with van der Waals surface area (Å²) in [6.45, 7) is 2.56. The summed E-state index contributed by atoms with van der Waals surface area (Å²) >= 11 is 0. The van der Waals surface area contributed by atoms with Crippen LogP contribution in [-0.4, -0.2) is 39.8 Å². The van der Waals surface area contributed by atoms with Gasteiger partial charge in [0.1, 0.15) is 18.3 Å². The Kier molecular flexibility index (Phi) is 6.26. The van der Waals surface area contributed by atoms with Crippen molar-refractivity contribution in [1.29, 1.82) is 0 Å². The standard InChI is InChI=1S/C27H26N6O2/c1-19-8-12-22(13-9-19)25-16-24(21-6-4-3-5-7-21)32(27-29-30-31-33(25)27)18-26(34)28-17-20-10-14-23(35-2)15-11-20/h3-16,25H,17-18H2,1-2H3,(H,28,34). The molecule has 0 fully saturated rings. The van der Waals surface area contributed by atoms with E-state index in [9.17, 15) is 4.79 Å². The SMILES string of the molecule is COc1ccc(CNC(=O)CN2C(c3ccccc3)=CC(c3ccc(C)cc3)n3nnnc32)cc1. The van der Waals surface area contributed by atoms with Crippen LogP contribution in [-0.2, 0) is 11.3 Å². The van der Waals surface area contributed by atoms with E-state index in [1.54, 1.807) is 11.8 Å². The quantitative estimate of drug-likeness (QED) is 0.447. The van der Waals surface area contributed by atoms with Crippen molar-refractivity contribution < 1.29 is 9.53 Å². The van der Waals surface area contributed by atoms with Crippen LogP contribution in [0.4, 0.5) is 5.95 Å². The molecule has 0 radical (unpaired) electrons. The van der Waals surface area contributed by atoms with Crippen LogP contribution >= 0.6 is 0 Å². The Bertz CT molecular complexity index is 1330. The minimum atomic E-state index is -0.186. The molecule has 2 heterocycles. The summed E-state index contributed by atoms with van der Waals surface area (Å²) in [5.74, 6) is 1.17. The first-order valence-electron chi connectivity index (χ1n) is 11.4. The molecule has 1 atom stereocenters. The maximum atomic E-state index is 13.0. The number of hydrogen-bond acceptors (Lipinski definition) is 6. The number of aromatic nitrogens is 4. The van der Waals surface area contributed by atoms with Crippen LogP contribution in [0.5, 0.6) is 5.75 Å². The van der Waals surface area contributed by atoms with E-state index in [4.69, 9.17) is 4.74 Å². The number of methoxy groups -OCH3 is 1. The molecule has 1 N–H and O–H groups in total. The molecule has 8 nitrogen and oxygen atoms in total. The normalized spacial score (nSPS) is 14.7. The summed E-state index contributed by atoms with van der Waals surface area (Å²) in [4.78, 5) is 14.9. The number of aryl methyl sites for hydroxylation is 1. The van der Waals surface area contributed by atoms with E-state index in [-0.39, 0.29) is 18.5 Å². The third kappa shape index (κ3) is 4.77. The van der Waals surface area contributed by atoms with Crippen molar-refractivity contribution in [2.75, 3.05) is 18.6 Å². The number of hydrogen-bond donors (Lipinski definition) is 1. The molecule has 0 bridgehead atoms. The lowest BCUT2D eigenvalue weighted by Crippen LogP contribution is -2.39. The first-order valence-corrected chi connectivity index (χ1v) is 11.4. The number of amides is 1. The lowest BCUT2D eigenvalue weighted by Gasteiger charge is -2.32. The Morgan fingerprint density at radius 2 is 1.74 bits per heavy atom. The number of benzene rings is 3. The number of tetrazole rings is 1. The second-order valence-electron chi connectivity index (χ2n) is 8.41. The molecule has 1 aliphatic heterocycles. The lowest BCUT2D eigenvalue weighted by atomic mass is 10.00. The highest BCUT2D eigenvalue weighted by atomic mass is 16.5. The average molecular weight is 467 g/mol. The van der Waals surface area contributed by atoms with Gasteiger partial charge in [-0.3, -0.25) is 9.69 Å². The third-order valence-electron chi connectivity index (χ3n) is 6.03. The average Bonchev–Trinajstić information content (AvgIpc) is 3.39. The van der Waals surface area contributed by atoms with Crippen molar-refractivity contribution in [2.24, 2.45) is 0 Å². The first-order chi connectivity index (χ1) is 17.1. The number of rotatable bonds is 7. The Morgan fingerprint density at radius 1 is 1.00 bits per heavy atom. The lowest BCUT2D eigenvalue weighted by molar-refractivity contribution is -0.119. The molecule has 0 saturated carbocycles. The predicted molar refractivity (Wildman–Crippen MR) is 134 cm³/mol. The molecule has 1 unspecified atom stereocenters. The molecule has 35 heavy (non-hydrogen) atoms. The molecular weight excluding hydrogens is 440 g/mol. The van der Waals surface area contributed by atoms with Gasteiger partial charge in [-0.15, -0.1) is 0 Å². The molecule has 176 valence electrons. The van der Waals surface area contributed by atoms with Crippen LogP contribution in [0.3, 0.4) is 0 Å². The van der Waals surface area contributed by atoms with Crippen molar-refractivity contribution in [3.63, 3.8) is 0 Å². The van der Waals surface area contributed by atoms with Crippen molar-refractivity contribution in [1.82, 2.24) is 25.5 Å². The van der Waals surface area contributed by atoms with Gasteiger partial charge in [0.15, 0.2) is 0 Å². The zero-order valence-corrected chi connectivity index (χ0v) is 19.6. The largest absolute Gasteiger partial charge is 0.497 e. The maximum Gasteiger partial charge on any atom is 0.251 e. The van der Waals surface area contributed by atoms with Gasteiger partial charge in [-0.2, -0.15) is 4.68 Å². The van der Waals surface area contributed by atoms with Crippen molar-refractivity contribution in [2.45, 2.75) is 19.5 Å². The summed E-state index contributed by atoms with van der Waals surface area (Å²) in [5.41, 5.74) is 5.12. The second-order valence-corrected chi connectivity index (χ2v) is 8.41. The first kappa shape index (κ1) is 22.3. The highest BCUT2D eigenvalue weighted by Crippen LogP contribution is 2.36. The topological polar surface area (TPSA) is 85.2 Å². The van der Waals surface area contributed by atoms with Crippen LogP contribution < -0.4 is 15.0 Å². The Labute approximate surface area is 203 Å². The summed E-state index contributed by atoms with van der Waals surface area (Å²) in [7, 11) is 1.63. The van der Waals surface area contributed by atoms with E-state index in [1.165, 1.54) is 5.56 Å². The third-order valence-corrected chi connectivity index (χ3v) is 6.03. The van der Waals surface area contributed by atoms with E-state index < -0.39 is 0 Å². The van der Waals surface area contributed by atoms with Gasteiger partial charge >= 0.3 is 0 Å². The summed E-state index contributed by atoms with van der Waals surface area (Å²) in [5, 5.41) is 15.5. The maximum absolute atomic E-state index is 13.0. The molecule has 1 aliphatic rings. The number of carbonyl (C=O) groups excluding carboxylic acids is 1.